The van der Waals surface area contributed by atoms with E-state index in [0.717, 1.165) is 16.9 Å². The zero-order chi connectivity index (χ0) is 17.2. The molecule has 0 radical (unpaired) electrons. The Morgan fingerprint density at radius 2 is 2.08 bits per heavy atom. The minimum absolute atomic E-state index is 0.0954. The predicted molar refractivity (Wildman–Crippen MR) is 89.0 cm³/mol. The number of amides is 1. The maximum absolute atomic E-state index is 12.3. The molecule has 126 valence electrons. The SMILES string of the molecule is CC1COc2ccc(C(=O)NNc3nc(-c4ccncc4)no3)cc21. The molecule has 0 saturated carbocycles. The fourth-order valence-electron chi connectivity index (χ4n) is 2.59. The second kappa shape index (κ2) is 6.23. The van der Waals surface area contributed by atoms with Gasteiger partial charge in [0.1, 0.15) is 5.75 Å². The molecule has 8 heteroatoms. The number of nitrogens with zero attached hydrogens (tertiary/aromatic N) is 3. The van der Waals surface area contributed by atoms with E-state index in [4.69, 9.17) is 9.26 Å². The first-order valence-electron chi connectivity index (χ1n) is 7.78. The van der Waals surface area contributed by atoms with Crippen LogP contribution in [0.2, 0.25) is 0 Å². The first kappa shape index (κ1) is 15.1. The molecule has 0 aliphatic carbocycles. The van der Waals surface area contributed by atoms with Crippen LogP contribution in [0, 0.1) is 0 Å². The molecular formula is C17H15N5O3. The van der Waals surface area contributed by atoms with Crippen LogP contribution in [0.1, 0.15) is 28.8 Å². The largest absolute Gasteiger partial charge is 0.493 e. The lowest BCUT2D eigenvalue weighted by Gasteiger charge is -2.06. The van der Waals surface area contributed by atoms with E-state index >= 15 is 0 Å². The molecule has 25 heavy (non-hydrogen) atoms. The second-order valence-corrected chi connectivity index (χ2v) is 5.70. The van der Waals surface area contributed by atoms with Crippen molar-refractivity contribution in [3.05, 3.63) is 53.9 Å². The van der Waals surface area contributed by atoms with E-state index in [0.29, 0.717) is 18.0 Å². The summed E-state index contributed by atoms with van der Waals surface area (Å²) in [6.45, 7) is 2.70. The van der Waals surface area contributed by atoms with Gasteiger partial charge in [-0.25, -0.2) is 5.43 Å². The molecule has 1 aliphatic rings. The summed E-state index contributed by atoms with van der Waals surface area (Å²) in [4.78, 5) is 20.4. The lowest BCUT2D eigenvalue weighted by molar-refractivity contribution is 0.0961. The van der Waals surface area contributed by atoms with Crippen molar-refractivity contribution in [1.82, 2.24) is 20.6 Å². The predicted octanol–water partition coefficient (Wildman–Crippen LogP) is 2.38. The molecule has 3 aromatic rings. The van der Waals surface area contributed by atoms with E-state index in [1.165, 1.54) is 0 Å². The van der Waals surface area contributed by atoms with E-state index in [2.05, 4.69) is 32.9 Å². The van der Waals surface area contributed by atoms with Crippen molar-refractivity contribution in [1.29, 1.82) is 0 Å². The number of fused-ring (bicyclic) bond motifs is 1. The van der Waals surface area contributed by atoms with Gasteiger partial charge in [-0.3, -0.25) is 15.2 Å². The van der Waals surface area contributed by atoms with Crippen LogP contribution in [0.4, 0.5) is 6.01 Å². The topological polar surface area (TPSA) is 102 Å². The average molecular weight is 337 g/mol. The Bertz CT molecular complexity index is 910. The molecule has 1 atom stereocenters. The smallest absolute Gasteiger partial charge is 0.340 e. The Labute approximate surface area is 143 Å². The van der Waals surface area contributed by atoms with Gasteiger partial charge in [0.25, 0.3) is 5.91 Å². The molecule has 8 nitrogen and oxygen atoms in total. The van der Waals surface area contributed by atoms with Gasteiger partial charge in [0, 0.05) is 35.0 Å². The first-order valence-corrected chi connectivity index (χ1v) is 7.78. The molecule has 2 aromatic heterocycles. The third-order valence-electron chi connectivity index (χ3n) is 3.94. The fraction of sp³-hybridized carbons (Fsp3) is 0.176. The molecule has 0 fully saturated rings. The van der Waals surface area contributed by atoms with Crippen molar-refractivity contribution in [2.45, 2.75) is 12.8 Å². The molecule has 0 spiro atoms. The summed E-state index contributed by atoms with van der Waals surface area (Å²) < 4.78 is 10.6. The Balaban J connectivity index is 1.43. The van der Waals surface area contributed by atoms with E-state index in [-0.39, 0.29) is 17.8 Å². The third kappa shape index (κ3) is 3.01. The highest BCUT2D eigenvalue weighted by atomic mass is 16.5. The lowest BCUT2D eigenvalue weighted by Crippen LogP contribution is -2.29. The van der Waals surface area contributed by atoms with Gasteiger partial charge in [0.2, 0.25) is 5.82 Å². The van der Waals surface area contributed by atoms with E-state index in [1.807, 2.05) is 12.1 Å². The first-order chi connectivity index (χ1) is 12.2. The van der Waals surface area contributed by atoms with Crippen molar-refractivity contribution in [3.8, 4) is 17.1 Å². The van der Waals surface area contributed by atoms with Gasteiger partial charge < -0.3 is 9.26 Å². The van der Waals surface area contributed by atoms with Crippen LogP contribution in [0.25, 0.3) is 11.4 Å². The normalized spacial score (nSPS) is 15.3. The number of carbonyl (C=O) groups excluding carboxylic acids is 1. The quantitative estimate of drug-likeness (QED) is 0.705. The highest BCUT2D eigenvalue weighted by Crippen LogP contribution is 2.33. The molecule has 3 heterocycles. The summed E-state index contributed by atoms with van der Waals surface area (Å²) in [5.74, 6) is 1.21. The number of nitrogens with one attached hydrogen (secondary N) is 2. The molecule has 4 rings (SSSR count). The Hall–Kier alpha value is -3.42. The van der Waals surface area contributed by atoms with Crippen LogP contribution >= 0.6 is 0 Å². The summed E-state index contributed by atoms with van der Waals surface area (Å²) in [7, 11) is 0. The lowest BCUT2D eigenvalue weighted by atomic mass is 10.0. The van der Waals surface area contributed by atoms with Crippen LogP contribution < -0.4 is 15.6 Å². The zero-order valence-electron chi connectivity index (χ0n) is 13.4. The van der Waals surface area contributed by atoms with Crippen LogP contribution in [-0.2, 0) is 0 Å². The highest BCUT2D eigenvalue weighted by Gasteiger charge is 2.21. The number of hydrogen-bond donors (Lipinski definition) is 2. The van der Waals surface area contributed by atoms with E-state index in [9.17, 15) is 4.79 Å². The number of hydrazine groups is 1. The van der Waals surface area contributed by atoms with Crippen LogP contribution in [-0.4, -0.2) is 27.6 Å². The van der Waals surface area contributed by atoms with Crippen molar-refractivity contribution < 1.29 is 14.1 Å². The molecule has 1 amide bonds. The number of aromatic nitrogens is 3. The number of hydrogen-bond acceptors (Lipinski definition) is 7. The number of benzene rings is 1. The molecular weight excluding hydrogens is 322 g/mol. The van der Waals surface area contributed by atoms with Gasteiger partial charge in [-0.1, -0.05) is 12.1 Å². The number of rotatable bonds is 4. The van der Waals surface area contributed by atoms with Gasteiger partial charge >= 0.3 is 6.01 Å². The average Bonchev–Trinajstić information content (AvgIpc) is 3.27. The van der Waals surface area contributed by atoms with Gasteiger partial charge in [0.15, 0.2) is 0 Å². The monoisotopic (exact) mass is 337 g/mol. The van der Waals surface area contributed by atoms with Crippen LogP contribution in [0.3, 0.4) is 0 Å². The summed E-state index contributed by atoms with van der Waals surface area (Å²) >= 11 is 0. The minimum Gasteiger partial charge on any atom is -0.493 e. The highest BCUT2D eigenvalue weighted by molar-refractivity contribution is 5.95. The molecule has 1 aromatic carbocycles. The Kier molecular flexibility index (Phi) is 3.77. The summed E-state index contributed by atoms with van der Waals surface area (Å²) in [5.41, 5.74) is 7.50. The summed E-state index contributed by atoms with van der Waals surface area (Å²) in [6.07, 6.45) is 3.28. The van der Waals surface area contributed by atoms with Crippen molar-refractivity contribution >= 4 is 11.9 Å². The van der Waals surface area contributed by atoms with Crippen molar-refractivity contribution in [3.63, 3.8) is 0 Å². The maximum atomic E-state index is 12.3. The Morgan fingerprint density at radius 1 is 1.24 bits per heavy atom. The minimum atomic E-state index is -0.300. The van der Waals surface area contributed by atoms with Gasteiger partial charge in [0.05, 0.1) is 6.61 Å². The van der Waals surface area contributed by atoms with Crippen LogP contribution in [0.5, 0.6) is 5.75 Å². The fourth-order valence-corrected chi connectivity index (χ4v) is 2.59. The molecule has 0 bridgehead atoms. The number of carbonyl (C=O) groups is 1. The van der Waals surface area contributed by atoms with Crippen molar-refractivity contribution in [2.75, 3.05) is 12.0 Å². The standard InChI is InChI=1S/C17H15N5O3/c1-10-9-24-14-3-2-12(8-13(10)14)16(23)20-21-17-19-15(22-25-17)11-4-6-18-7-5-11/h2-8,10H,9H2,1H3,(H,20,23)(H,19,21,22). The van der Waals surface area contributed by atoms with E-state index in [1.54, 1.807) is 30.6 Å². The van der Waals surface area contributed by atoms with E-state index < -0.39 is 0 Å². The zero-order valence-corrected chi connectivity index (χ0v) is 13.4. The molecule has 1 unspecified atom stereocenters. The molecule has 0 saturated heterocycles. The number of pyridine rings is 1. The molecule has 2 N–H and O–H groups in total. The van der Waals surface area contributed by atoms with Crippen molar-refractivity contribution in [2.24, 2.45) is 0 Å². The van der Waals surface area contributed by atoms with Gasteiger partial charge in [-0.05, 0) is 30.3 Å². The molecule has 1 aliphatic heterocycles. The maximum Gasteiger partial charge on any atom is 0.340 e. The number of anilines is 1. The second-order valence-electron chi connectivity index (χ2n) is 5.70. The Morgan fingerprint density at radius 3 is 2.92 bits per heavy atom. The van der Waals surface area contributed by atoms with Gasteiger partial charge in [-0.15, -0.1) is 0 Å². The number of ether oxygens (including phenoxy) is 1. The van der Waals surface area contributed by atoms with Crippen LogP contribution in [0.15, 0.2) is 47.2 Å². The summed E-state index contributed by atoms with van der Waals surface area (Å²) in [6, 6.07) is 8.98. The van der Waals surface area contributed by atoms with Gasteiger partial charge in [-0.2, -0.15) is 4.98 Å². The third-order valence-corrected chi connectivity index (χ3v) is 3.94. The summed E-state index contributed by atoms with van der Waals surface area (Å²) in [5, 5.41) is 3.85.